The van der Waals surface area contributed by atoms with Gasteiger partial charge in [0, 0.05) is 23.6 Å². The standard InChI is InChI=1S/C13H19N3O2S/c1-13(2)8-16(4-5-19-13)11-6-9(12(17)18-3)10(14)7-15-11/h6-7H,4-5,8,14H2,1-3H3. The molecule has 1 aliphatic heterocycles. The minimum atomic E-state index is -0.424. The highest BCUT2D eigenvalue weighted by atomic mass is 32.2. The Hall–Kier alpha value is -1.43. The molecular formula is C13H19N3O2S. The van der Waals surface area contributed by atoms with Crippen LogP contribution in [0.1, 0.15) is 24.2 Å². The SMILES string of the molecule is COC(=O)c1cc(N2CCSC(C)(C)C2)ncc1N. The van der Waals surface area contributed by atoms with Gasteiger partial charge in [0.1, 0.15) is 5.82 Å². The summed E-state index contributed by atoms with van der Waals surface area (Å²) in [4.78, 5) is 18.2. The first-order valence-electron chi connectivity index (χ1n) is 6.16. The van der Waals surface area contributed by atoms with Gasteiger partial charge >= 0.3 is 5.97 Å². The van der Waals surface area contributed by atoms with E-state index in [0.29, 0.717) is 11.3 Å². The molecule has 1 fully saturated rings. The van der Waals surface area contributed by atoms with Crippen molar-refractivity contribution in [3.05, 3.63) is 17.8 Å². The van der Waals surface area contributed by atoms with E-state index in [1.165, 1.54) is 13.3 Å². The summed E-state index contributed by atoms with van der Waals surface area (Å²) in [5.74, 6) is 1.40. The Kier molecular flexibility index (Phi) is 3.89. The van der Waals surface area contributed by atoms with Crippen LogP contribution >= 0.6 is 11.8 Å². The number of ether oxygens (including phenoxy) is 1. The van der Waals surface area contributed by atoms with Gasteiger partial charge in [-0.15, -0.1) is 0 Å². The first-order valence-corrected chi connectivity index (χ1v) is 7.14. The van der Waals surface area contributed by atoms with E-state index < -0.39 is 5.97 Å². The molecule has 1 saturated heterocycles. The second kappa shape index (κ2) is 5.28. The predicted octanol–water partition coefficient (Wildman–Crippen LogP) is 1.78. The molecule has 0 spiro atoms. The number of nitrogens with zero attached hydrogens (tertiary/aromatic N) is 2. The van der Waals surface area contributed by atoms with E-state index in [-0.39, 0.29) is 4.75 Å². The summed E-state index contributed by atoms with van der Waals surface area (Å²) in [5, 5.41) is 0. The molecular weight excluding hydrogens is 262 g/mol. The number of esters is 1. The lowest BCUT2D eigenvalue weighted by atomic mass is 10.1. The van der Waals surface area contributed by atoms with Crippen LogP contribution in [0, 0.1) is 0 Å². The number of carbonyl (C=O) groups is 1. The molecule has 0 radical (unpaired) electrons. The van der Waals surface area contributed by atoms with Crippen molar-refractivity contribution in [2.24, 2.45) is 0 Å². The maximum Gasteiger partial charge on any atom is 0.340 e. The molecule has 0 bridgehead atoms. The number of hydrogen-bond acceptors (Lipinski definition) is 6. The van der Waals surface area contributed by atoms with Gasteiger partial charge in [-0.05, 0) is 19.9 Å². The van der Waals surface area contributed by atoms with Crippen LogP contribution in [0.4, 0.5) is 11.5 Å². The molecule has 0 aromatic carbocycles. The van der Waals surface area contributed by atoms with Crippen LogP contribution in [0.2, 0.25) is 0 Å². The molecule has 2 rings (SSSR count). The number of carbonyl (C=O) groups excluding carboxylic acids is 1. The molecule has 2 heterocycles. The average Bonchev–Trinajstić information content (AvgIpc) is 2.37. The fourth-order valence-electron chi connectivity index (χ4n) is 2.13. The van der Waals surface area contributed by atoms with Gasteiger partial charge in [0.25, 0.3) is 0 Å². The molecule has 0 atom stereocenters. The van der Waals surface area contributed by atoms with E-state index in [9.17, 15) is 4.79 Å². The van der Waals surface area contributed by atoms with Crippen molar-refractivity contribution in [1.82, 2.24) is 4.98 Å². The van der Waals surface area contributed by atoms with Crippen molar-refractivity contribution in [3.8, 4) is 0 Å². The summed E-state index contributed by atoms with van der Waals surface area (Å²) in [5.41, 5.74) is 6.49. The van der Waals surface area contributed by atoms with Crippen LogP contribution in [0.5, 0.6) is 0 Å². The van der Waals surface area contributed by atoms with Gasteiger partial charge in [-0.1, -0.05) is 0 Å². The highest BCUT2D eigenvalue weighted by Gasteiger charge is 2.28. The van der Waals surface area contributed by atoms with E-state index in [1.54, 1.807) is 6.07 Å². The van der Waals surface area contributed by atoms with Gasteiger partial charge in [-0.3, -0.25) is 0 Å². The molecule has 0 unspecified atom stereocenters. The van der Waals surface area contributed by atoms with Crippen molar-refractivity contribution < 1.29 is 9.53 Å². The van der Waals surface area contributed by atoms with E-state index in [2.05, 4.69) is 23.7 Å². The molecule has 1 aliphatic rings. The quantitative estimate of drug-likeness (QED) is 0.833. The molecule has 104 valence electrons. The number of methoxy groups -OCH3 is 1. The lowest BCUT2D eigenvalue weighted by molar-refractivity contribution is 0.0602. The number of pyridine rings is 1. The smallest absolute Gasteiger partial charge is 0.340 e. The maximum absolute atomic E-state index is 11.6. The Bertz CT molecular complexity index is 491. The lowest BCUT2D eigenvalue weighted by Crippen LogP contribution is -2.43. The predicted molar refractivity (Wildman–Crippen MR) is 78.7 cm³/mol. The highest BCUT2D eigenvalue weighted by Crippen LogP contribution is 2.32. The number of nitrogen functional groups attached to an aromatic ring is 1. The lowest BCUT2D eigenvalue weighted by Gasteiger charge is -2.38. The van der Waals surface area contributed by atoms with Crippen LogP contribution < -0.4 is 10.6 Å². The molecule has 0 aliphatic carbocycles. The first kappa shape index (κ1) is 14.0. The van der Waals surface area contributed by atoms with Gasteiger partial charge in [0.15, 0.2) is 0 Å². The molecule has 0 saturated carbocycles. The van der Waals surface area contributed by atoms with Gasteiger partial charge in [-0.25, -0.2) is 9.78 Å². The monoisotopic (exact) mass is 281 g/mol. The van der Waals surface area contributed by atoms with Crippen LogP contribution in [0.3, 0.4) is 0 Å². The van der Waals surface area contributed by atoms with Crippen LogP contribution in [0.15, 0.2) is 12.3 Å². The van der Waals surface area contributed by atoms with Crippen LogP contribution in [0.25, 0.3) is 0 Å². The van der Waals surface area contributed by atoms with Crippen LogP contribution in [-0.2, 0) is 4.74 Å². The second-order valence-electron chi connectivity index (χ2n) is 5.15. The maximum atomic E-state index is 11.6. The molecule has 1 aromatic rings. The van der Waals surface area contributed by atoms with Crippen molar-refractivity contribution in [1.29, 1.82) is 0 Å². The summed E-state index contributed by atoms with van der Waals surface area (Å²) < 4.78 is 4.92. The minimum absolute atomic E-state index is 0.187. The highest BCUT2D eigenvalue weighted by molar-refractivity contribution is 8.00. The van der Waals surface area contributed by atoms with Crippen molar-refractivity contribution in [2.75, 3.05) is 36.6 Å². The van der Waals surface area contributed by atoms with E-state index in [4.69, 9.17) is 10.5 Å². The van der Waals surface area contributed by atoms with Gasteiger partial charge in [0.05, 0.1) is 24.6 Å². The number of anilines is 2. The van der Waals surface area contributed by atoms with Crippen molar-refractivity contribution in [3.63, 3.8) is 0 Å². The Balaban J connectivity index is 2.28. The number of thioether (sulfide) groups is 1. The largest absolute Gasteiger partial charge is 0.465 e. The molecule has 1 aromatic heterocycles. The zero-order chi connectivity index (χ0) is 14.0. The number of nitrogens with two attached hydrogens (primary N) is 1. The topological polar surface area (TPSA) is 68.5 Å². The third kappa shape index (κ3) is 3.12. The zero-order valence-corrected chi connectivity index (χ0v) is 12.3. The number of rotatable bonds is 2. The molecule has 5 nitrogen and oxygen atoms in total. The second-order valence-corrected chi connectivity index (χ2v) is 6.95. The van der Waals surface area contributed by atoms with Gasteiger partial charge in [0.2, 0.25) is 0 Å². The van der Waals surface area contributed by atoms with Gasteiger partial charge in [-0.2, -0.15) is 11.8 Å². The summed E-state index contributed by atoms with van der Waals surface area (Å²) in [6, 6.07) is 1.72. The normalized spacial score (nSPS) is 18.2. The first-order chi connectivity index (χ1) is 8.93. The summed E-state index contributed by atoms with van der Waals surface area (Å²) in [6.45, 7) is 6.24. The third-order valence-electron chi connectivity index (χ3n) is 3.08. The third-order valence-corrected chi connectivity index (χ3v) is 4.37. The van der Waals surface area contributed by atoms with E-state index >= 15 is 0 Å². The summed E-state index contributed by atoms with van der Waals surface area (Å²) >= 11 is 1.95. The molecule has 2 N–H and O–H groups in total. The van der Waals surface area contributed by atoms with Crippen LogP contribution in [-0.4, -0.2) is 41.7 Å². The van der Waals surface area contributed by atoms with E-state index in [0.717, 1.165) is 24.7 Å². The molecule has 0 amide bonds. The number of hydrogen-bond donors (Lipinski definition) is 1. The Morgan fingerprint density at radius 3 is 2.95 bits per heavy atom. The van der Waals surface area contributed by atoms with E-state index in [1.807, 2.05) is 11.8 Å². The Labute approximate surface area is 117 Å². The Morgan fingerprint density at radius 2 is 2.32 bits per heavy atom. The average molecular weight is 281 g/mol. The minimum Gasteiger partial charge on any atom is -0.465 e. The summed E-state index contributed by atoms with van der Waals surface area (Å²) in [6.07, 6.45) is 1.52. The van der Waals surface area contributed by atoms with Crippen molar-refractivity contribution >= 4 is 29.2 Å². The summed E-state index contributed by atoms with van der Waals surface area (Å²) in [7, 11) is 1.35. The van der Waals surface area contributed by atoms with Gasteiger partial charge < -0.3 is 15.4 Å². The fourth-order valence-corrected chi connectivity index (χ4v) is 3.24. The number of aromatic nitrogens is 1. The molecule has 6 heteroatoms. The zero-order valence-electron chi connectivity index (χ0n) is 11.5. The fraction of sp³-hybridized carbons (Fsp3) is 0.538. The van der Waals surface area contributed by atoms with Crippen molar-refractivity contribution in [2.45, 2.75) is 18.6 Å². The molecule has 19 heavy (non-hydrogen) atoms. The Morgan fingerprint density at radius 1 is 1.58 bits per heavy atom.